The smallest absolute Gasteiger partial charge is 0.282 e. The second-order valence-corrected chi connectivity index (χ2v) is 8.83. The summed E-state index contributed by atoms with van der Waals surface area (Å²) in [6.07, 6.45) is 1.01. The number of nitro groups is 1. The van der Waals surface area contributed by atoms with Crippen molar-refractivity contribution in [1.29, 1.82) is 0 Å². The van der Waals surface area contributed by atoms with Crippen LogP contribution in [0.4, 0.5) is 15.8 Å². The molecule has 2 aromatic rings. The molecule has 1 fully saturated rings. The molecule has 32 heavy (non-hydrogen) atoms. The lowest BCUT2D eigenvalue weighted by Gasteiger charge is -2.37. The Labute approximate surface area is 189 Å². The molecule has 0 saturated carbocycles. The van der Waals surface area contributed by atoms with Gasteiger partial charge in [-0.1, -0.05) is 25.4 Å². The number of amides is 2. The number of non-ortho nitro benzene ring substituents is 1. The summed E-state index contributed by atoms with van der Waals surface area (Å²) >= 11 is 5.90. The summed E-state index contributed by atoms with van der Waals surface area (Å²) in [5.41, 5.74) is 0.883. The number of rotatable bonds is 4. The quantitative estimate of drug-likeness (QED) is 0.379. The van der Waals surface area contributed by atoms with Crippen LogP contribution in [0.5, 0.6) is 0 Å². The summed E-state index contributed by atoms with van der Waals surface area (Å²) in [6, 6.07) is 9.21. The van der Waals surface area contributed by atoms with Gasteiger partial charge in [-0.2, -0.15) is 0 Å². The average molecular weight is 458 g/mol. The summed E-state index contributed by atoms with van der Waals surface area (Å²) < 4.78 is 13.7. The van der Waals surface area contributed by atoms with Crippen molar-refractivity contribution in [2.75, 3.05) is 18.0 Å². The van der Waals surface area contributed by atoms with E-state index in [0.717, 1.165) is 17.4 Å². The number of hydrogen-bond donors (Lipinski definition) is 0. The van der Waals surface area contributed by atoms with Gasteiger partial charge in [-0.15, -0.1) is 0 Å². The van der Waals surface area contributed by atoms with Crippen LogP contribution in [0.25, 0.3) is 5.57 Å². The largest absolute Gasteiger partial charge is 0.366 e. The van der Waals surface area contributed by atoms with Gasteiger partial charge in [0.1, 0.15) is 11.5 Å². The number of nitro benzene ring substituents is 1. The molecule has 0 aromatic heterocycles. The van der Waals surface area contributed by atoms with Crippen molar-refractivity contribution < 1.29 is 18.9 Å². The molecule has 2 heterocycles. The zero-order valence-electron chi connectivity index (χ0n) is 17.5. The number of piperidine rings is 1. The lowest BCUT2D eigenvalue weighted by molar-refractivity contribution is -0.384. The second-order valence-electron chi connectivity index (χ2n) is 8.42. The van der Waals surface area contributed by atoms with Crippen molar-refractivity contribution in [2.45, 2.75) is 20.3 Å². The first kappa shape index (κ1) is 22.0. The minimum absolute atomic E-state index is 0.116. The topological polar surface area (TPSA) is 83.8 Å². The van der Waals surface area contributed by atoms with Gasteiger partial charge in [0.05, 0.1) is 21.2 Å². The van der Waals surface area contributed by atoms with Crippen LogP contribution in [-0.2, 0) is 9.59 Å². The molecular formula is C23H21ClFN3O4. The van der Waals surface area contributed by atoms with Gasteiger partial charge in [0.2, 0.25) is 0 Å². The lowest BCUT2D eigenvalue weighted by Crippen LogP contribution is -2.42. The molecule has 0 N–H and O–H groups in total. The molecule has 0 aliphatic carbocycles. The molecule has 166 valence electrons. The van der Waals surface area contributed by atoms with Crippen molar-refractivity contribution in [3.63, 3.8) is 0 Å². The van der Waals surface area contributed by atoms with Gasteiger partial charge in [-0.05, 0) is 54.2 Å². The molecule has 9 heteroatoms. The van der Waals surface area contributed by atoms with Gasteiger partial charge in [-0.3, -0.25) is 19.7 Å². The zero-order valence-corrected chi connectivity index (χ0v) is 18.3. The maximum absolute atomic E-state index is 13.7. The van der Waals surface area contributed by atoms with Crippen LogP contribution in [0.3, 0.4) is 0 Å². The fourth-order valence-corrected chi connectivity index (χ4v) is 4.70. The number of hydrogen-bond acceptors (Lipinski definition) is 5. The first-order valence-electron chi connectivity index (χ1n) is 10.2. The molecule has 2 aliphatic heterocycles. The average Bonchev–Trinajstić information content (AvgIpc) is 2.99. The van der Waals surface area contributed by atoms with E-state index in [-0.39, 0.29) is 27.7 Å². The standard InChI is InChI=1S/C23H21ClFN3O4/c1-13-9-14(2)12-26(11-13)21-20(15-3-5-16(6-4-15)28(31)32)22(29)27(23(21)30)17-7-8-19(25)18(24)10-17/h3-8,10,13-14H,9,11-12H2,1-2H3. The molecule has 4 rings (SSSR count). The highest BCUT2D eigenvalue weighted by molar-refractivity contribution is 6.45. The number of anilines is 1. The number of imide groups is 1. The third kappa shape index (κ3) is 3.86. The van der Waals surface area contributed by atoms with E-state index in [4.69, 9.17) is 11.6 Å². The predicted octanol–water partition coefficient (Wildman–Crippen LogP) is 4.65. The van der Waals surface area contributed by atoms with Crippen LogP contribution in [-0.4, -0.2) is 34.7 Å². The van der Waals surface area contributed by atoms with Crippen LogP contribution in [0.1, 0.15) is 25.8 Å². The molecule has 0 radical (unpaired) electrons. The van der Waals surface area contributed by atoms with E-state index in [1.54, 1.807) is 0 Å². The Morgan fingerprint density at radius 2 is 1.66 bits per heavy atom. The minimum atomic E-state index is -0.656. The predicted molar refractivity (Wildman–Crippen MR) is 118 cm³/mol. The number of likely N-dealkylation sites (tertiary alicyclic amines) is 1. The number of nitrogens with zero attached hydrogens (tertiary/aromatic N) is 3. The Morgan fingerprint density at radius 3 is 2.22 bits per heavy atom. The van der Waals surface area contributed by atoms with Gasteiger partial charge < -0.3 is 4.90 Å². The van der Waals surface area contributed by atoms with E-state index in [1.165, 1.54) is 36.4 Å². The van der Waals surface area contributed by atoms with Gasteiger partial charge in [0, 0.05) is 25.2 Å². The van der Waals surface area contributed by atoms with E-state index >= 15 is 0 Å². The minimum Gasteiger partial charge on any atom is -0.366 e. The van der Waals surface area contributed by atoms with Crippen molar-refractivity contribution in [2.24, 2.45) is 11.8 Å². The number of benzene rings is 2. The number of halogens is 2. The van der Waals surface area contributed by atoms with Gasteiger partial charge >= 0.3 is 0 Å². The van der Waals surface area contributed by atoms with E-state index in [0.29, 0.717) is 30.5 Å². The normalized spacial score (nSPS) is 21.5. The summed E-state index contributed by atoms with van der Waals surface area (Å²) in [6.45, 7) is 5.39. The zero-order chi connectivity index (χ0) is 23.2. The third-order valence-corrected chi connectivity index (χ3v) is 6.06. The van der Waals surface area contributed by atoms with Gasteiger partial charge in [-0.25, -0.2) is 9.29 Å². The SMILES string of the molecule is CC1CC(C)CN(C2=C(c3ccc([N+](=O)[O-])cc3)C(=O)N(c3ccc(F)c(Cl)c3)C2=O)C1. The maximum Gasteiger partial charge on any atom is 0.282 e. The van der Waals surface area contributed by atoms with E-state index < -0.39 is 22.6 Å². The lowest BCUT2D eigenvalue weighted by atomic mass is 9.91. The van der Waals surface area contributed by atoms with Crippen LogP contribution >= 0.6 is 11.6 Å². The Kier molecular flexibility index (Phi) is 5.73. The highest BCUT2D eigenvalue weighted by Crippen LogP contribution is 2.38. The molecule has 1 saturated heterocycles. The molecule has 7 nitrogen and oxygen atoms in total. The molecule has 2 aliphatic rings. The number of carbonyl (C=O) groups is 2. The summed E-state index contributed by atoms with van der Waals surface area (Å²) in [4.78, 5) is 40.5. The second kappa shape index (κ2) is 8.35. The molecule has 2 atom stereocenters. The van der Waals surface area contributed by atoms with Crippen LogP contribution in [0.15, 0.2) is 48.2 Å². The number of carbonyl (C=O) groups excluding carboxylic acids is 2. The van der Waals surface area contributed by atoms with E-state index in [9.17, 15) is 24.1 Å². The van der Waals surface area contributed by atoms with Crippen molar-refractivity contribution in [1.82, 2.24) is 4.90 Å². The molecule has 0 bridgehead atoms. The molecule has 2 unspecified atom stereocenters. The Bertz CT molecular complexity index is 1140. The molecular weight excluding hydrogens is 437 g/mol. The summed E-state index contributed by atoms with van der Waals surface area (Å²) in [5, 5.41) is 10.8. The summed E-state index contributed by atoms with van der Waals surface area (Å²) in [7, 11) is 0. The van der Waals surface area contributed by atoms with Gasteiger partial charge in [0.25, 0.3) is 17.5 Å². The Morgan fingerprint density at radius 1 is 1.03 bits per heavy atom. The Balaban J connectivity index is 1.83. The highest BCUT2D eigenvalue weighted by Gasteiger charge is 2.44. The maximum atomic E-state index is 13.7. The van der Waals surface area contributed by atoms with Crippen LogP contribution in [0, 0.1) is 27.8 Å². The molecule has 2 aromatic carbocycles. The monoisotopic (exact) mass is 457 g/mol. The Hall–Kier alpha value is -3.26. The van der Waals surface area contributed by atoms with Crippen molar-refractivity contribution in [3.8, 4) is 0 Å². The first-order chi connectivity index (χ1) is 15.2. The van der Waals surface area contributed by atoms with E-state index in [1.807, 2.05) is 4.90 Å². The van der Waals surface area contributed by atoms with Crippen LogP contribution < -0.4 is 4.90 Å². The highest BCUT2D eigenvalue weighted by atomic mass is 35.5. The third-order valence-electron chi connectivity index (χ3n) is 5.77. The molecule has 2 amide bonds. The molecule has 0 spiro atoms. The first-order valence-corrected chi connectivity index (χ1v) is 10.6. The summed E-state index contributed by atoms with van der Waals surface area (Å²) in [5.74, 6) is -1.11. The fraction of sp³-hybridized carbons (Fsp3) is 0.304. The van der Waals surface area contributed by atoms with Gasteiger partial charge in [0.15, 0.2) is 0 Å². The van der Waals surface area contributed by atoms with Crippen molar-refractivity contribution >= 4 is 40.4 Å². The van der Waals surface area contributed by atoms with E-state index in [2.05, 4.69) is 13.8 Å². The fourth-order valence-electron chi connectivity index (χ4n) is 4.53. The van der Waals surface area contributed by atoms with Crippen LogP contribution in [0.2, 0.25) is 5.02 Å². The van der Waals surface area contributed by atoms with Crippen molar-refractivity contribution in [3.05, 3.63) is 74.7 Å².